The summed E-state index contributed by atoms with van der Waals surface area (Å²) in [7, 11) is 0. The molecule has 1 unspecified atom stereocenters. The van der Waals surface area contributed by atoms with Gasteiger partial charge in [-0.05, 0) is 27.6 Å². The zero-order chi connectivity index (χ0) is 7.90. The first-order valence-electron chi connectivity index (χ1n) is 3.38. The molecule has 1 aliphatic rings. The van der Waals surface area contributed by atoms with Gasteiger partial charge in [0.05, 0.1) is 0 Å². The van der Waals surface area contributed by atoms with Crippen LogP contribution in [0, 0.1) is 0 Å². The first kappa shape index (κ1) is 7.07. The van der Waals surface area contributed by atoms with Crippen LogP contribution in [0.3, 0.4) is 0 Å². The Morgan fingerprint density at radius 3 is 2.73 bits per heavy atom. The van der Waals surface area contributed by atoms with Crippen molar-refractivity contribution in [3.63, 3.8) is 0 Å². The highest BCUT2D eigenvalue weighted by Gasteiger charge is 2.30. The maximum Gasteiger partial charge on any atom is 0.202 e. The molecular formula is C9H6BrO. The summed E-state index contributed by atoms with van der Waals surface area (Å²) in [6, 6.07) is 7.58. The lowest BCUT2D eigenvalue weighted by atomic mass is 10.1. The second-order valence-corrected chi connectivity index (χ2v) is 3.74. The van der Waals surface area contributed by atoms with Gasteiger partial charge in [0.25, 0.3) is 0 Å². The number of hydrogen-bond donors (Lipinski definition) is 0. The Labute approximate surface area is 73.5 Å². The van der Waals surface area contributed by atoms with E-state index in [0.29, 0.717) is 0 Å². The van der Waals surface area contributed by atoms with Gasteiger partial charge in [-0.25, -0.2) is 5.11 Å². The van der Waals surface area contributed by atoms with Crippen LogP contribution in [0.2, 0.25) is 0 Å². The van der Waals surface area contributed by atoms with E-state index in [4.69, 9.17) is 0 Å². The molecular weight excluding hydrogens is 204 g/mol. The van der Waals surface area contributed by atoms with Crippen LogP contribution < -0.4 is 0 Å². The van der Waals surface area contributed by atoms with Gasteiger partial charge in [-0.1, -0.05) is 30.3 Å². The summed E-state index contributed by atoms with van der Waals surface area (Å²) < 4.78 is -1.19. The quantitative estimate of drug-likeness (QED) is 0.586. The van der Waals surface area contributed by atoms with Gasteiger partial charge in [-0.2, -0.15) is 0 Å². The standard InChI is InChI=1S/C9H6BrO/c10-9(11)6-5-7-3-1-2-4-8(7)9/h1-6H. The summed E-state index contributed by atoms with van der Waals surface area (Å²) in [5.74, 6) is 0. The average Bonchev–Trinajstić information content (AvgIpc) is 2.29. The van der Waals surface area contributed by atoms with Gasteiger partial charge in [0.1, 0.15) is 0 Å². The average molecular weight is 210 g/mol. The Bertz CT molecular complexity index is 315. The highest BCUT2D eigenvalue weighted by atomic mass is 79.9. The Kier molecular flexibility index (Phi) is 1.41. The molecule has 0 aliphatic heterocycles. The van der Waals surface area contributed by atoms with Crippen LogP contribution in [0.25, 0.3) is 6.08 Å². The predicted molar refractivity (Wildman–Crippen MR) is 46.8 cm³/mol. The molecule has 1 atom stereocenters. The van der Waals surface area contributed by atoms with Crippen molar-refractivity contribution in [3.8, 4) is 0 Å². The maximum atomic E-state index is 11.6. The fourth-order valence-corrected chi connectivity index (χ4v) is 1.73. The molecule has 1 nitrogen and oxygen atoms in total. The number of halogens is 1. The number of hydrogen-bond acceptors (Lipinski definition) is 0. The topological polar surface area (TPSA) is 19.9 Å². The van der Waals surface area contributed by atoms with E-state index < -0.39 is 4.51 Å². The molecule has 1 aliphatic carbocycles. The Morgan fingerprint density at radius 1 is 1.27 bits per heavy atom. The van der Waals surface area contributed by atoms with E-state index in [1.165, 1.54) is 0 Å². The van der Waals surface area contributed by atoms with Crippen molar-refractivity contribution in [2.24, 2.45) is 0 Å². The van der Waals surface area contributed by atoms with E-state index in [1.54, 1.807) is 6.08 Å². The SMILES string of the molecule is [O]C1(Br)C=Cc2ccccc21. The van der Waals surface area contributed by atoms with E-state index in [-0.39, 0.29) is 0 Å². The number of fused-ring (bicyclic) bond motifs is 1. The molecule has 2 heteroatoms. The molecule has 55 valence electrons. The van der Waals surface area contributed by atoms with E-state index >= 15 is 0 Å². The summed E-state index contributed by atoms with van der Waals surface area (Å²) in [6.45, 7) is 0. The van der Waals surface area contributed by atoms with Crippen LogP contribution >= 0.6 is 15.9 Å². The minimum absolute atomic E-state index is 0.806. The Balaban J connectivity index is 2.64. The highest BCUT2D eigenvalue weighted by Crippen LogP contribution is 2.38. The number of alkyl halides is 1. The normalized spacial score (nSPS) is 27.1. The van der Waals surface area contributed by atoms with Gasteiger partial charge in [-0.15, -0.1) is 0 Å². The third kappa shape index (κ3) is 1.03. The van der Waals surface area contributed by atoms with Gasteiger partial charge >= 0.3 is 0 Å². The van der Waals surface area contributed by atoms with Crippen molar-refractivity contribution >= 4 is 22.0 Å². The molecule has 0 amide bonds. The van der Waals surface area contributed by atoms with Crippen LogP contribution in [0.4, 0.5) is 0 Å². The maximum absolute atomic E-state index is 11.6. The zero-order valence-electron chi connectivity index (χ0n) is 5.75. The van der Waals surface area contributed by atoms with E-state index in [9.17, 15) is 5.11 Å². The van der Waals surface area contributed by atoms with Crippen LogP contribution in [0.1, 0.15) is 11.1 Å². The minimum Gasteiger partial charge on any atom is -0.207 e. The first-order valence-corrected chi connectivity index (χ1v) is 4.17. The van der Waals surface area contributed by atoms with Gasteiger partial charge in [0.15, 0.2) is 0 Å². The van der Waals surface area contributed by atoms with E-state index in [0.717, 1.165) is 11.1 Å². The van der Waals surface area contributed by atoms with Gasteiger partial charge in [0, 0.05) is 5.56 Å². The summed E-state index contributed by atoms with van der Waals surface area (Å²) in [5, 5.41) is 11.6. The van der Waals surface area contributed by atoms with Crippen molar-refractivity contribution in [1.82, 2.24) is 0 Å². The van der Waals surface area contributed by atoms with Gasteiger partial charge < -0.3 is 0 Å². The molecule has 0 heterocycles. The number of rotatable bonds is 0. The Morgan fingerprint density at radius 2 is 2.00 bits per heavy atom. The smallest absolute Gasteiger partial charge is 0.202 e. The third-order valence-electron chi connectivity index (χ3n) is 1.81. The molecule has 1 radical (unpaired) electrons. The van der Waals surface area contributed by atoms with Crippen molar-refractivity contribution in [1.29, 1.82) is 0 Å². The third-order valence-corrected chi connectivity index (χ3v) is 2.50. The molecule has 0 aromatic heterocycles. The molecule has 0 saturated heterocycles. The molecule has 1 aromatic rings. The van der Waals surface area contributed by atoms with Crippen LogP contribution in [-0.2, 0) is 9.62 Å². The van der Waals surface area contributed by atoms with Crippen LogP contribution in [-0.4, -0.2) is 0 Å². The summed E-state index contributed by atoms with van der Waals surface area (Å²) in [6.07, 6.45) is 3.47. The van der Waals surface area contributed by atoms with Crippen molar-refractivity contribution in [2.75, 3.05) is 0 Å². The largest absolute Gasteiger partial charge is 0.207 e. The molecule has 0 saturated carbocycles. The summed E-state index contributed by atoms with van der Waals surface area (Å²) >= 11 is 3.10. The molecule has 2 rings (SSSR count). The second kappa shape index (κ2) is 2.19. The van der Waals surface area contributed by atoms with Crippen molar-refractivity contribution < 1.29 is 5.11 Å². The van der Waals surface area contributed by atoms with Gasteiger partial charge in [0.2, 0.25) is 4.51 Å². The summed E-state index contributed by atoms with van der Waals surface area (Å²) in [5.41, 5.74) is 1.82. The van der Waals surface area contributed by atoms with Gasteiger partial charge in [-0.3, -0.25) is 0 Å². The van der Waals surface area contributed by atoms with Crippen molar-refractivity contribution in [3.05, 3.63) is 41.5 Å². The first-order chi connectivity index (χ1) is 5.20. The summed E-state index contributed by atoms with van der Waals surface area (Å²) in [4.78, 5) is 0. The minimum atomic E-state index is -1.19. The predicted octanol–water partition coefficient (Wildman–Crippen LogP) is 2.69. The molecule has 11 heavy (non-hydrogen) atoms. The van der Waals surface area contributed by atoms with Crippen LogP contribution in [0.15, 0.2) is 30.3 Å². The second-order valence-electron chi connectivity index (χ2n) is 2.57. The molecule has 0 bridgehead atoms. The lowest BCUT2D eigenvalue weighted by molar-refractivity contribution is 0.107. The molecule has 0 fully saturated rings. The number of benzene rings is 1. The molecule has 0 spiro atoms. The highest BCUT2D eigenvalue weighted by molar-refractivity contribution is 9.09. The Hall–Kier alpha value is -0.600. The molecule has 0 N–H and O–H groups in total. The van der Waals surface area contributed by atoms with Crippen LogP contribution in [0.5, 0.6) is 0 Å². The van der Waals surface area contributed by atoms with Crippen molar-refractivity contribution in [2.45, 2.75) is 4.51 Å². The lowest BCUT2D eigenvalue weighted by Gasteiger charge is -2.09. The fourth-order valence-electron chi connectivity index (χ4n) is 1.24. The zero-order valence-corrected chi connectivity index (χ0v) is 7.34. The molecule has 1 aromatic carbocycles. The monoisotopic (exact) mass is 209 g/mol. The van der Waals surface area contributed by atoms with E-state index in [1.807, 2.05) is 30.3 Å². The fraction of sp³-hybridized carbons (Fsp3) is 0.111. The lowest BCUT2D eigenvalue weighted by Crippen LogP contribution is -2.07. The van der Waals surface area contributed by atoms with E-state index in [2.05, 4.69) is 15.9 Å².